The molecule has 6 atom stereocenters. The molecular formula is C23H30O4. The smallest absolute Gasteiger partial charge is 0.338 e. The molecule has 0 heterocycles. The van der Waals surface area contributed by atoms with Crippen LogP contribution in [0.5, 0.6) is 0 Å². The van der Waals surface area contributed by atoms with Gasteiger partial charge in [0.25, 0.3) is 0 Å². The SMILES string of the molecule is C=C1C[C@H](OC(=O)c2ccccc2)C[C@]2(C)CC(C)[C@@H](C(C)C(=O)O)CC12. The second-order valence-electron chi connectivity index (χ2n) is 8.87. The average Bonchev–Trinajstić information content (AvgIpc) is 2.60. The van der Waals surface area contributed by atoms with Crippen LogP contribution in [0.2, 0.25) is 0 Å². The van der Waals surface area contributed by atoms with E-state index in [1.165, 1.54) is 0 Å². The molecule has 2 saturated carbocycles. The Hall–Kier alpha value is -2.10. The fourth-order valence-corrected chi connectivity index (χ4v) is 5.49. The molecule has 3 rings (SSSR count). The number of ether oxygens (including phenoxy) is 1. The Kier molecular flexibility index (Phi) is 5.45. The second-order valence-corrected chi connectivity index (χ2v) is 8.87. The van der Waals surface area contributed by atoms with Crippen LogP contribution in [0.4, 0.5) is 0 Å². The van der Waals surface area contributed by atoms with Gasteiger partial charge < -0.3 is 9.84 Å². The topological polar surface area (TPSA) is 63.6 Å². The van der Waals surface area contributed by atoms with Crippen LogP contribution in [-0.2, 0) is 9.53 Å². The van der Waals surface area contributed by atoms with Gasteiger partial charge in [-0.2, -0.15) is 0 Å². The Morgan fingerprint density at radius 1 is 1.26 bits per heavy atom. The maximum absolute atomic E-state index is 12.4. The number of carbonyl (C=O) groups is 2. The summed E-state index contributed by atoms with van der Waals surface area (Å²) in [6.07, 6.45) is 3.13. The summed E-state index contributed by atoms with van der Waals surface area (Å²) >= 11 is 0. The number of rotatable bonds is 4. The van der Waals surface area contributed by atoms with Gasteiger partial charge in [0.1, 0.15) is 6.10 Å². The fourth-order valence-electron chi connectivity index (χ4n) is 5.49. The van der Waals surface area contributed by atoms with Crippen molar-refractivity contribution in [2.75, 3.05) is 0 Å². The zero-order valence-electron chi connectivity index (χ0n) is 16.5. The molecule has 1 aromatic carbocycles. The zero-order valence-corrected chi connectivity index (χ0v) is 16.5. The van der Waals surface area contributed by atoms with E-state index in [4.69, 9.17) is 4.74 Å². The summed E-state index contributed by atoms with van der Waals surface area (Å²) in [5.74, 6) is -0.546. The number of aliphatic carboxylic acids is 1. The van der Waals surface area contributed by atoms with Gasteiger partial charge in [-0.3, -0.25) is 4.79 Å². The lowest BCUT2D eigenvalue weighted by Crippen LogP contribution is -2.47. The minimum Gasteiger partial charge on any atom is -0.481 e. The van der Waals surface area contributed by atoms with Crippen molar-refractivity contribution in [2.45, 2.75) is 52.6 Å². The van der Waals surface area contributed by atoms with Crippen molar-refractivity contribution in [1.82, 2.24) is 0 Å². The number of fused-ring (bicyclic) bond motifs is 1. The molecular weight excluding hydrogens is 340 g/mol. The lowest BCUT2D eigenvalue weighted by molar-refractivity contribution is -0.146. The first-order chi connectivity index (χ1) is 12.7. The molecule has 2 fully saturated rings. The van der Waals surface area contributed by atoms with Crippen molar-refractivity contribution in [1.29, 1.82) is 0 Å². The third-order valence-corrected chi connectivity index (χ3v) is 6.86. The summed E-state index contributed by atoms with van der Waals surface area (Å²) in [5, 5.41) is 9.45. The van der Waals surface area contributed by atoms with E-state index >= 15 is 0 Å². The van der Waals surface area contributed by atoms with Crippen LogP contribution in [-0.4, -0.2) is 23.1 Å². The Balaban J connectivity index is 1.72. The standard InChI is InChI=1S/C23H30O4/c1-14-10-18(27-22(26)17-8-6-5-7-9-17)13-23(4)12-15(2)19(11-20(14)23)16(3)21(24)25/h5-9,15-16,18-20H,1,10-13H2,2-4H3,(H,24,25)/t15?,16?,18-,19-,20?,23-/m0/s1. The third kappa shape index (κ3) is 3.95. The summed E-state index contributed by atoms with van der Waals surface area (Å²) in [4.78, 5) is 23.9. The number of carboxylic acid groups (broad SMARTS) is 1. The van der Waals surface area contributed by atoms with Crippen LogP contribution in [0.1, 0.15) is 56.8 Å². The van der Waals surface area contributed by atoms with Gasteiger partial charge in [-0.15, -0.1) is 0 Å². The van der Waals surface area contributed by atoms with Crippen LogP contribution in [0.3, 0.4) is 0 Å². The highest BCUT2D eigenvalue weighted by Crippen LogP contribution is 2.56. The van der Waals surface area contributed by atoms with Crippen molar-refractivity contribution in [3.8, 4) is 0 Å². The maximum Gasteiger partial charge on any atom is 0.338 e. The normalized spacial score (nSPS) is 34.4. The molecule has 27 heavy (non-hydrogen) atoms. The van der Waals surface area contributed by atoms with E-state index in [1.807, 2.05) is 25.1 Å². The Morgan fingerprint density at radius 2 is 1.93 bits per heavy atom. The first kappa shape index (κ1) is 19.7. The maximum atomic E-state index is 12.4. The highest BCUT2D eigenvalue weighted by atomic mass is 16.5. The molecule has 1 N–H and O–H groups in total. The average molecular weight is 370 g/mol. The summed E-state index contributed by atoms with van der Waals surface area (Å²) in [6.45, 7) is 10.5. The minimum atomic E-state index is -0.716. The van der Waals surface area contributed by atoms with Crippen molar-refractivity contribution < 1.29 is 19.4 Å². The van der Waals surface area contributed by atoms with E-state index in [0.717, 1.165) is 24.8 Å². The molecule has 146 valence electrons. The summed E-state index contributed by atoms with van der Waals surface area (Å²) in [5.41, 5.74) is 1.68. The van der Waals surface area contributed by atoms with Crippen LogP contribution >= 0.6 is 0 Å². The minimum absolute atomic E-state index is 0.00507. The molecule has 4 nitrogen and oxygen atoms in total. The lowest BCUT2D eigenvalue weighted by atomic mass is 9.52. The first-order valence-electron chi connectivity index (χ1n) is 9.88. The number of esters is 1. The molecule has 0 bridgehead atoms. The number of carboxylic acids is 1. The quantitative estimate of drug-likeness (QED) is 0.601. The molecule has 4 heteroatoms. The largest absolute Gasteiger partial charge is 0.481 e. The Morgan fingerprint density at radius 3 is 2.56 bits per heavy atom. The number of benzene rings is 1. The molecule has 2 aliphatic rings. The Labute approximate surface area is 161 Å². The van der Waals surface area contributed by atoms with Crippen LogP contribution < -0.4 is 0 Å². The predicted octanol–water partition coefficient (Wildman–Crippen LogP) is 4.95. The number of hydrogen-bond acceptors (Lipinski definition) is 3. The van der Waals surface area contributed by atoms with E-state index in [-0.39, 0.29) is 29.3 Å². The zero-order chi connectivity index (χ0) is 19.8. The highest BCUT2D eigenvalue weighted by molar-refractivity contribution is 5.89. The van der Waals surface area contributed by atoms with Gasteiger partial charge in [0, 0.05) is 6.42 Å². The van der Waals surface area contributed by atoms with Gasteiger partial charge in [-0.25, -0.2) is 4.79 Å². The van der Waals surface area contributed by atoms with Gasteiger partial charge in [0.05, 0.1) is 11.5 Å². The summed E-state index contributed by atoms with van der Waals surface area (Å²) < 4.78 is 5.82. The molecule has 1 aromatic rings. The number of carbonyl (C=O) groups excluding carboxylic acids is 1. The lowest BCUT2D eigenvalue weighted by Gasteiger charge is -2.53. The van der Waals surface area contributed by atoms with Crippen LogP contribution in [0.25, 0.3) is 0 Å². The fraction of sp³-hybridized carbons (Fsp3) is 0.565. The molecule has 2 aliphatic carbocycles. The van der Waals surface area contributed by atoms with Gasteiger partial charge in [0.2, 0.25) is 0 Å². The van der Waals surface area contributed by atoms with E-state index in [2.05, 4.69) is 20.4 Å². The molecule has 3 unspecified atom stereocenters. The third-order valence-electron chi connectivity index (χ3n) is 6.86. The van der Waals surface area contributed by atoms with Gasteiger partial charge in [-0.05, 0) is 54.6 Å². The van der Waals surface area contributed by atoms with Gasteiger partial charge in [-0.1, -0.05) is 51.1 Å². The molecule has 0 radical (unpaired) electrons. The van der Waals surface area contributed by atoms with Crippen LogP contribution in [0.15, 0.2) is 42.5 Å². The molecule has 0 aliphatic heterocycles. The van der Waals surface area contributed by atoms with E-state index in [1.54, 1.807) is 12.1 Å². The molecule has 0 saturated heterocycles. The molecule has 0 aromatic heterocycles. The summed E-state index contributed by atoms with van der Waals surface area (Å²) in [7, 11) is 0. The van der Waals surface area contributed by atoms with Crippen molar-refractivity contribution in [2.24, 2.45) is 29.1 Å². The van der Waals surface area contributed by atoms with Gasteiger partial charge in [0.15, 0.2) is 0 Å². The Bertz CT molecular complexity index is 725. The first-order valence-corrected chi connectivity index (χ1v) is 9.88. The van der Waals surface area contributed by atoms with Crippen LogP contribution in [0, 0.1) is 29.1 Å². The number of hydrogen-bond donors (Lipinski definition) is 1. The van der Waals surface area contributed by atoms with E-state index in [0.29, 0.717) is 23.8 Å². The van der Waals surface area contributed by atoms with E-state index in [9.17, 15) is 14.7 Å². The van der Waals surface area contributed by atoms with Crippen molar-refractivity contribution in [3.63, 3.8) is 0 Å². The van der Waals surface area contributed by atoms with Gasteiger partial charge >= 0.3 is 11.9 Å². The molecule has 0 amide bonds. The monoisotopic (exact) mass is 370 g/mol. The van der Waals surface area contributed by atoms with E-state index < -0.39 is 5.97 Å². The van der Waals surface area contributed by atoms with Crippen molar-refractivity contribution in [3.05, 3.63) is 48.0 Å². The summed E-state index contributed by atoms with van der Waals surface area (Å²) in [6, 6.07) is 9.08. The second kappa shape index (κ2) is 7.49. The highest BCUT2D eigenvalue weighted by Gasteiger charge is 2.50. The molecule has 0 spiro atoms. The predicted molar refractivity (Wildman–Crippen MR) is 104 cm³/mol. The van der Waals surface area contributed by atoms with Crippen molar-refractivity contribution >= 4 is 11.9 Å².